The number of carbonyl (C=O) groups excluding carboxylic acids is 2. The van der Waals surface area contributed by atoms with Gasteiger partial charge in [-0.15, -0.1) is 0 Å². The predicted molar refractivity (Wildman–Crippen MR) is 67.8 cm³/mol. The van der Waals surface area contributed by atoms with E-state index in [0.29, 0.717) is 11.1 Å². The first-order chi connectivity index (χ1) is 8.08. The fourth-order valence-electron chi connectivity index (χ4n) is 2.13. The molecule has 88 valence electrons. The average molecular weight is 249 g/mol. The molecule has 0 saturated carbocycles. The van der Waals surface area contributed by atoms with Crippen molar-refractivity contribution in [2.75, 3.05) is 0 Å². The van der Waals surface area contributed by atoms with E-state index in [1.54, 1.807) is 0 Å². The van der Waals surface area contributed by atoms with Crippen LogP contribution in [0.3, 0.4) is 0 Å². The smallest absolute Gasteiger partial charge is 0.205 e. The topological polar surface area (TPSA) is 34.1 Å². The third-order valence-electron chi connectivity index (χ3n) is 3.09. The van der Waals surface area contributed by atoms with Crippen LogP contribution >= 0.6 is 11.6 Å². The monoisotopic (exact) mass is 248 g/mol. The van der Waals surface area contributed by atoms with Crippen molar-refractivity contribution >= 4 is 23.2 Å². The van der Waals surface area contributed by atoms with Crippen LogP contribution in [0.15, 0.2) is 23.2 Å². The summed E-state index contributed by atoms with van der Waals surface area (Å²) in [5.74, 6) is -0.430. The Balaban J connectivity index is 2.67. The van der Waals surface area contributed by atoms with Crippen molar-refractivity contribution in [1.29, 1.82) is 0 Å². The van der Waals surface area contributed by atoms with Gasteiger partial charge >= 0.3 is 0 Å². The van der Waals surface area contributed by atoms with Crippen molar-refractivity contribution in [2.24, 2.45) is 0 Å². The molecule has 1 aromatic rings. The summed E-state index contributed by atoms with van der Waals surface area (Å²) >= 11 is 5.75. The number of benzene rings is 1. The Hall–Kier alpha value is -1.41. The average Bonchev–Trinajstić information content (AvgIpc) is 2.34. The second-order valence-electron chi connectivity index (χ2n) is 4.06. The van der Waals surface area contributed by atoms with Crippen molar-refractivity contribution in [1.82, 2.24) is 0 Å². The summed E-state index contributed by atoms with van der Waals surface area (Å²) in [5.41, 5.74) is 3.16. The molecule has 0 N–H and O–H groups in total. The Kier molecular flexibility index (Phi) is 3.16. The van der Waals surface area contributed by atoms with Crippen LogP contribution in [0.4, 0.5) is 0 Å². The summed E-state index contributed by atoms with van der Waals surface area (Å²) in [4.78, 5) is 23.7. The van der Waals surface area contributed by atoms with E-state index in [1.807, 2.05) is 26.0 Å². The molecule has 0 amide bonds. The fraction of sp³-hybridized carbons (Fsp3) is 0.286. The Morgan fingerprint density at radius 3 is 2.06 bits per heavy atom. The largest absolute Gasteiger partial charge is 0.289 e. The molecule has 0 radical (unpaired) electrons. The maximum Gasteiger partial charge on any atom is 0.205 e. The number of aryl methyl sites for hydroxylation is 2. The zero-order valence-electron chi connectivity index (χ0n) is 9.84. The predicted octanol–water partition coefficient (Wildman–Crippen LogP) is 3.31. The van der Waals surface area contributed by atoms with E-state index < -0.39 is 0 Å². The lowest BCUT2D eigenvalue weighted by atomic mass is 9.88. The van der Waals surface area contributed by atoms with Gasteiger partial charge in [0.05, 0.1) is 5.03 Å². The highest BCUT2D eigenvalue weighted by molar-refractivity contribution is 6.49. The summed E-state index contributed by atoms with van der Waals surface area (Å²) in [5, 5.41) is 0.00815. The normalized spacial score (nSPS) is 14.6. The third-order valence-corrected chi connectivity index (χ3v) is 3.37. The number of rotatable bonds is 2. The molecule has 0 aromatic heterocycles. The molecule has 2 rings (SSSR count). The molecule has 17 heavy (non-hydrogen) atoms. The molecule has 1 aliphatic carbocycles. The Labute approximate surface area is 105 Å². The molecular weight excluding hydrogens is 236 g/mol. The highest BCUT2D eigenvalue weighted by atomic mass is 35.5. The van der Waals surface area contributed by atoms with Crippen LogP contribution in [-0.4, -0.2) is 11.6 Å². The lowest BCUT2D eigenvalue weighted by Crippen LogP contribution is -2.16. The Morgan fingerprint density at radius 2 is 1.53 bits per heavy atom. The van der Waals surface area contributed by atoms with Crippen LogP contribution in [0.1, 0.15) is 45.7 Å². The first-order valence-corrected chi connectivity index (χ1v) is 6.08. The molecule has 0 atom stereocenters. The lowest BCUT2D eigenvalue weighted by Gasteiger charge is -2.15. The van der Waals surface area contributed by atoms with E-state index in [1.165, 1.54) is 6.08 Å². The van der Waals surface area contributed by atoms with Crippen molar-refractivity contribution in [3.05, 3.63) is 45.5 Å². The minimum atomic E-state index is -0.251. The highest BCUT2D eigenvalue weighted by Crippen LogP contribution is 2.27. The van der Waals surface area contributed by atoms with Gasteiger partial charge in [-0.05, 0) is 36.1 Å². The molecule has 1 aliphatic rings. The number of carbonyl (C=O) groups is 2. The van der Waals surface area contributed by atoms with E-state index in [0.717, 1.165) is 24.0 Å². The standard InChI is InChI=1S/C14H13ClO2/c1-3-8-5-10-11(6-9(8)4-2)14(17)12(15)7-13(10)16/h5-7H,3-4H2,1-2H3. The van der Waals surface area contributed by atoms with E-state index in [2.05, 4.69) is 0 Å². The number of ketones is 2. The Morgan fingerprint density at radius 1 is 1.00 bits per heavy atom. The molecule has 2 nitrogen and oxygen atoms in total. The summed E-state index contributed by atoms with van der Waals surface area (Å²) < 4.78 is 0. The van der Waals surface area contributed by atoms with Gasteiger partial charge in [-0.1, -0.05) is 25.4 Å². The second kappa shape index (κ2) is 4.46. The molecule has 0 heterocycles. The van der Waals surface area contributed by atoms with Crippen molar-refractivity contribution in [3.8, 4) is 0 Å². The van der Waals surface area contributed by atoms with Crippen LogP contribution < -0.4 is 0 Å². The number of hydrogen-bond acceptors (Lipinski definition) is 2. The minimum Gasteiger partial charge on any atom is -0.289 e. The quantitative estimate of drug-likeness (QED) is 0.805. The zero-order chi connectivity index (χ0) is 12.6. The van der Waals surface area contributed by atoms with Crippen molar-refractivity contribution in [3.63, 3.8) is 0 Å². The molecule has 0 fully saturated rings. The maximum atomic E-state index is 11.9. The molecular formula is C14H13ClO2. The molecule has 3 heteroatoms. The number of hydrogen-bond donors (Lipinski definition) is 0. The number of Topliss-reactive ketones (excluding diaryl/α,β-unsaturated/α-hetero) is 1. The van der Waals surface area contributed by atoms with Crippen molar-refractivity contribution < 1.29 is 9.59 Å². The number of allylic oxidation sites excluding steroid dienone is 2. The SMILES string of the molecule is CCc1cc2c(cc1CC)C(=O)C(Cl)=CC2=O. The van der Waals surface area contributed by atoms with Crippen LogP contribution in [0.25, 0.3) is 0 Å². The van der Waals surface area contributed by atoms with Crippen molar-refractivity contribution in [2.45, 2.75) is 26.7 Å². The van der Waals surface area contributed by atoms with Gasteiger partial charge in [-0.2, -0.15) is 0 Å². The first-order valence-electron chi connectivity index (χ1n) is 5.70. The maximum absolute atomic E-state index is 11.9. The van der Waals surface area contributed by atoms with Gasteiger partial charge in [-0.3, -0.25) is 9.59 Å². The van der Waals surface area contributed by atoms with E-state index >= 15 is 0 Å². The van der Waals surface area contributed by atoms with Gasteiger partial charge < -0.3 is 0 Å². The van der Waals surface area contributed by atoms with Gasteiger partial charge in [0.2, 0.25) is 5.78 Å². The molecule has 0 unspecified atom stereocenters. The van der Waals surface area contributed by atoms with Gasteiger partial charge in [0.1, 0.15) is 0 Å². The third kappa shape index (κ3) is 1.93. The van der Waals surface area contributed by atoms with E-state index in [9.17, 15) is 9.59 Å². The highest BCUT2D eigenvalue weighted by Gasteiger charge is 2.25. The van der Waals surface area contributed by atoms with Gasteiger partial charge in [0.15, 0.2) is 5.78 Å². The van der Waals surface area contributed by atoms with Gasteiger partial charge in [0.25, 0.3) is 0 Å². The van der Waals surface area contributed by atoms with E-state index in [-0.39, 0.29) is 16.6 Å². The summed E-state index contributed by atoms with van der Waals surface area (Å²) in [7, 11) is 0. The van der Waals surface area contributed by atoms with Crippen LogP contribution in [0, 0.1) is 0 Å². The molecule has 1 aromatic carbocycles. The molecule has 0 bridgehead atoms. The van der Waals surface area contributed by atoms with Gasteiger partial charge in [-0.25, -0.2) is 0 Å². The van der Waals surface area contributed by atoms with E-state index in [4.69, 9.17) is 11.6 Å². The fourth-order valence-corrected chi connectivity index (χ4v) is 2.33. The zero-order valence-corrected chi connectivity index (χ0v) is 10.6. The second-order valence-corrected chi connectivity index (χ2v) is 4.47. The van der Waals surface area contributed by atoms with Crippen LogP contribution in [0.5, 0.6) is 0 Å². The van der Waals surface area contributed by atoms with Crippen LogP contribution in [0.2, 0.25) is 0 Å². The summed E-state index contributed by atoms with van der Waals surface area (Å²) in [6, 6.07) is 3.64. The number of fused-ring (bicyclic) bond motifs is 1. The Bertz CT molecular complexity index is 541. The number of halogens is 1. The minimum absolute atomic E-state index is 0.00815. The lowest BCUT2D eigenvalue weighted by molar-refractivity contribution is 0.0990. The molecule has 0 spiro atoms. The molecule has 0 saturated heterocycles. The molecule has 0 aliphatic heterocycles. The van der Waals surface area contributed by atoms with Crippen LogP contribution in [-0.2, 0) is 12.8 Å². The summed E-state index contributed by atoms with van der Waals surface area (Å²) in [6.07, 6.45) is 2.91. The first kappa shape index (κ1) is 12.1. The summed E-state index contributed by atoms with van der Waals surface area (Å²) in [6.45, 7) is 4.08. The van der Waals surface area contributed by atoms with Gasteiger partial charge in [0, 0.05) is 17.2 Å².